The highest BCUT2D eigenvalue weighted by atomic mass is 16.5. The summed E-state index contributed by atoms with van der Waals surface area (Å²) in [5.41, 5.74) is -1.94. The van der Waals surface area contributed by atoms with Gasteiger partial charge in [-0.2, -0.15) is 0 Å². The third kappa shape index (κ3) is 3.76. The molecule has 0 bridgehead atoms. The normalized spacial score (nSPS) is 13.8. The summed E-state index contributed by atoms with van der Waals surface area (Å²) in [5.74, 6) is -0.258. The topological polar surface area (TPSA) is 58.6 Å². The number of hydrogen-bond acceptors (Lipinski definition) is 4. The van der Waals surface area contributed by atoms with Crippen LogP contribution in [0.4, 0.5) is 0 Å². The van der Waals surface area contributed by atoms with Gasteiger partial charge in [-0.1, -0.05) is 0 Å². The molecule has 0 aliphatic rings. The van der Waals surface area contributed by atoms with Crippen molar-refractivity contribution in [3.63, 3.8) is 0 Å². The molecule has 16 heavy (non-hydrogen) atoms. The lowest BCUT2D eigenvalue weighted by Gasteiger charge is -2.40. The molecule has 96 valence electrons. The van der Waals surface area contributed by atoms with Crippen molar-refractivity contribution in [2.75, 3.05) is 13.7 Å². The van der Waals surface area contributed by atoms with Crippen molar-refractivity contribution in [2.24, 2.45) is 5.41 Å². The highest BCUT2D eigenvalue weighted by Gasteiger charge is 2.37. The van der Waals surface area contributed by atoms with Crippen LogP contribution in [-0.4, -0.2) is 35.9 Å². The average molecular weight is 231 g/mol. The van der Waals surface area contributed by atoms with Gasteiger partial charge in [-0.05, 0) is 41.5 Å². The Morgan fingerprint density at radius 3 is 1.94 bits per heavy atom. The second-order valence-corrected chi connectivity index (χ2v) is 5.91. The Bertz CT molecular complexity index is 251. The lowest BCUT2D eigenvalue weighted by atomic mass is 9.84. The van der Waals surface area contributed by atoms with Crippen molar-refractivity contribution in [3.05, 3.63) is 0 Å². The van der Waals surface area contributed by atoms with Gasteiger partial charge < -0.3 is 15.2 Å². The van der Waals surface area contributed by atoms with E-state index in [1.165, 1.54) is 7.11 Å². The average Bonchev–Trinajstić information content (AvgIpc) is 2.12. The van der Waals surface area contributed by atoms with Crippen LogP contribution in [0.2, 0.25) is 0 Å². The molecule has 4 heteroatoms. The Morgan fingerprint density at radius 1 is 1.19 bits per heavy atom. The van der Waals surface area contributed by atoms with E-state index in [4.69, 9.17) is 4.74 Å². The van der Waals surface area contributed by atoms with Gasteiger partial charge >= 0.3 is 5.97 Å². The highest BCUT2D eigenvalue weighted by Crippen LogP contribution is 2.23. The number of carbonyl (C=O) groups is 1. The maximum absolute atomic E-state index is 11.5. The molecule has 0 radical (unpaired) electrons. The molecule has 0 amide bonds. The zero-order valence-corrected chi connectivity index (χ0v) is 11.5. The first-order chi connectivity index (χ1) is 6.94. The molecule has 0 unspecified atom stereocenters. The fourth-order valence-corrected chi connectivity index (χ4v) is 1.01. The molecule has 4 nitrogen and oxygen atoms in total. The summed E-state index contributed by atoms with van der Waals surface area (Å²) in [4.78, 5) is 11.5. The molecule has 0 saturated carbocycles. The fraction of sp³-hybridized carbons (Fsp3) is 0.917. The minimum Gasteiger partial charge on any atom is -0.469 e. The first-order valence-corrected chi connectivity index (χ1v) is 5.50. The molecule has 0 rings (SSSR count). The Balaban J connectivity index is 4.52. The molecule has 0 aromatic rings. The number of ether oxygens (including phenoxy) is 1. The Kier molecular flexibility index (Phi) is 4.54. The molecular weight excluding hydrogens is 206 g/mol. The third-order valence-corrected chi connectivity index (χ3v) is 3.24. The lowest BCUT2D eigenvalue weighted by molar-refractivity contribution is -0.151. The predicted octanol–water partition coefficient (Wildman–Crippen LogP) is 1.32. The quantitative estimate of drug-likeness (QED) is 0.701. The molecule has 0 aliphatic heterocycles. The second-order valence-electron chi connectivity index (χ2n) is 5.91. The van der Waals surface area contributed by atoms with Gasteiger partial charge in [0, 0.05) is 12.1 Å². The van der Waals surface area contributed by atoms with Crippen LogP contribution in [0, 0.1) is 5.41 Å². The largest absolute Gasteiger partial charge is 0.469 e. The van der Waals surface area contributed by atoms with Gasteiger partial charge in [0.05, 0.1) is 18.1 Å². The summed E-state index contributed by atoms with van der Waals surface area (Å²) in [5, 5.41) is 13.2. The minimum atomic E-state index is -0.862. The summed E-state index contributed by atoms with van der Waals surface area (Å²) >= 11 is 0. The van der Waals surface area contributed by atoms with E-state index in [0.29, 0.717) is 6.54 Å². The summed E-state index contributed by atoms with van der Waals surface area (Å²) in [7, 11) is 1.38. The first-order valence-electron chi connectivity index (χ1n) is 5.50. The number of esters is 1. The maximum atomic E-state index is 11.5. The van der Waals surface area contributed by atoms with E-state index < -0.39 is 16.6 Å². The number of nitrogens with one attached hydrogen (secondary N) is 1. The van der Waals surface area contributed by atoms with Crippen LogP contribution >= 0.6 is 0 Å². The van der Waals surface area contributed by atoms with Crippen LogP contribution < -0.4 is 5.32 Å². The Hall–Kier alpha value is -0.610. The van der Waals surface area contributed by atoms with Gasteiger partial charge in [0.25, 0.3) is 0 Å². The molecule has 0 heterocycles. The van der Waals surface area contributed by atoms with Gasteiger partial charge in [-0.25, -0.2) is 0 Å². The molecule has 0 aliphatic carbocycles. The van der Waals surface area contributed by atoms with Crippen molar-refractivity contribution in [2.45, 2.75) is 52.7 Å². The molecule has 0 aromatic carbocycles. The smallest absolute Gasteiger partial charge is 0.312 e. The van der Waals surface area contributed by atoms with Gasteiger partial charge in [-0.3, -0.25) is 4.79 Å². The Morgan fingerprint density at radius 2 is 1.62 bits per heavy atom. The van der Waals surface area contributed by atoms with E-state index in [1.807, 2.05) is 27.7 Å². The van der Waals surface area contributed by atoms with Crippen molar-refractivity contribution in [1.82, 2.24) is 5.32 Å². The maximum Gasteiger partial charge on any atom is 0.312 e. The zero-order valence-electron chi connectivity index (χ0n) is 11.5. The second kappa shape index (κ2) is 4.72. The number of rotatable bonds is 5. The van der Waals surface area contributed by atoms with Crippen LogP contribution in [0.1, 0.15) is 41.5 Å². The van der Waals surface area contributed by atoms with Crippen molar-refractivity contribution >= 4 is 5.97 Å². The van der Waals surface area contributed by atoms with Crippen LogP contribution in [0.15, 0.2) is 0 Å². The standard InChI is InChI=1S/C12H25NO3/c1-10(2,9(14)16-7)8-13-11(3,4)12(5,6)15/h13,15H,8H2,1-7H3. The molecule has 2 N–H and O–H groups in total. The van der Waals surface area contributed by atoms with Gasteiger partial charge in [0.15, 0.2) is 0 Å². The van der Waals surface area contributed by atoms with Crippen LogP contribution in [0.3, 0.4) is 0 Å². The van der Waals surface area contributed by atoms with E-state index >= 15 is 0 Å². The zero-order chi connectivity index (χ0) is 13.2. The number of aliphatic hydroxyl groups is 1. The molecule has 0 spiro atoms. The Labute approximate surface area is 98.4 Å². The molecule has 0 atom stereocenters. The van der Waals surface area contributed by atoms with E-state index in [0.717, 1.165) is 0 Å². The first kappa shape index (κ1) is 15.4. The van der Waals surface area contributed by atoms with E-state index in [-0.39, 0.29) is 5.97 Å². The molecule has 0 saturated heterocycles. The van der Waals surface area contributed by atoms with Crippen molar-refractivity contribution < 1.29 is 14.6 Å². The summed E-state index contributed by atoms with van der Waals surface area (Å²) in [6.45, 7) is 11.4. The summed E-state index contributed by atoms with van der Waals surface area (Å²) in [6, 6.07) is 0. The van der Waals surface area contributed by atoms with Crippen molar-refractivity contribution in [1.29, 1.82) is 0 Å². The van der Waals surface area contributed by atoms with Crippen LogP contribution in [-0.2, 0) is 9.53 Å². The van der Waals surface area contributed by atoms with Crippen LogP contribution in [0.25, 0.3) is 0 Å². The predicted molar refractivity (Wildman–Crippen MR) is 64.2 cm³/mol. The minimum absolute atomic E-state index is 0.258. The van der Waals surface area contributed by atoms with E-state index in [1.54, 1.807) is 13.8 Å². The third-order valence-electron chi connectivity index (χ3n) is 3.24. The van der Waals surface area contributed by atoms with E-state index in [2.05, 4.69) is 5.32 Å². The van der Waals surface area contributed by atoms with Crippen LogP contribution in [0.5, 0.6) is 0 Å². The lowest BCUT2D eigenvalue weighted by Crippen LogP contribution is -2.58. The summed E-state index contributed by atoms with van der Waals surface area (Å²) < 4.78 is 4.72. The monoisotopic (exact) mass is 231 g/mol. The SMILES string of the molecule is COC(=O)C(C)(C)CNC(C)(C)C(C)(C)O. The number of hydrogen-bond donors (Lipinski definition) is 2. The van der Waals surface area contributed by atoms with Gasteiger partial charge in [-0.15, -0.1) is 0 Å². The molecule has 0 fully saturated rings. The van der Waals surface area contributed by atoms with Gasteiger partial charge in [0.1, 0.15) is 0 Å². The van der Waals surface area contributed by atoms with Crippen molar-refractivity contribution in [3.8, 4) is 0 Å². The fourth-order valence-electron chi connectivity index (χ4n) is 1.01. The molecule has 0 aromatic heterocycles. The number of carbonyl (C=O) groups excluding carboxylic acids is 1. The number of methoxy groups -OCH3 is 1. The summed E-state index contributed by atoms with van der Waals surface area (Å²) in [6.07, 6.45) is 0. The molecular formula is C12H25NO3. The van der Waals surface area contributed by atoms with Gasteiger partial charge in [0.2, 0.25) is 0 Å². The van der Waals surface area contributed by atoms with E-state index in [9.17, 15) is 9.90 Å². The highest BCUT2D eigenvalue weighted by molar-refractivity contribution is 5.76.